The van der Waals surface area contributed by atoms with Crippen molar-refractivity contribution in [2.45, 2.75) is 19.3 Å². The van der Waals surface area contributed by atoms with E-state index in [9.17, 15) is 10.2 Å². The molecule has 4 nitrogen and oxygen atoms in total. The van der Waals surface area contributed by atoms with Crippen LogP contribution in [0.2, 0.25) is 0 Å². The van der Waals surface area contributed by atoms with Crippen molar-refractivity contribution in [3.8, 4) is 11.5 Å². The predicted octanol–water partition coefficient (Wildman–Crippen LogP) is 3.80. The Bertz CT molecular complexity index is 614. The van der Waals surface area contributed by atoms with Gasteiger partial charge in [-0.1, -0.05) is 24.3 Å². The molecule has 5 heteroatoms. The molecule has 0 aromatic heterocycles. The number of aromatic hydroxyl groups is 2. The van der Waals surface area contributed by atoms with Gasteiger partial charge in [-0.05, 0) is 43.5 Å². The van der Waals surface area contributed by atoms with E-state index >= 15 is 0 Å². The monoisotopic (exact) mass is 374 g/mol. The van der Waals surface area contributed by atoms with Gasteiger partial charge < -0.3 is 10.2 Å². The Balaban J connectivity index is 0.00000288. The number of rotatable bonds is 8. The Hall–Kier alpha value is -2.00. The fraction of sp³-hybridized carbons (Fsp3) is 0.263. The van der Waals surface area contributed by atoms with E-state index in [-0.39, 0.29) is 31.0 Å². The molecule has 0 unspecified atom stereocenters. The second-order valence-electron chi connectivity index (χ2n) is 5.25. The van der Waals surface area contributed by atoms with Crippen LogP contribution in [0.3, 0.4) is 0 Å². The van der Waals surface area contributed by atoms with E-state index in [2.05, 4.69) is 9.98 Å². The van der Waals surface area contributed by atoms with E-state index in [0.29, 0.717) is 0 Å². The third kappa shape index (κ3) is 7.05. The summed E-state index contributed by atoms with van der Waals surface area (Å²) < 4.78 is 0. The van der Waals surface area contributed by atoms with E-state index in [1.807, 2.05) is 24.3 Å². The molecule has 0 aliphatic rings. The van der Waals surface area contributed by atoms with Crippen molar-refractivity contribution in [1.29, 1.82) is 0 Å². The third-order valence-corrected chi connectivity index (χ3v) is 3.41. The number of phenolic OH excluding ortho intramolecular Hbond substituents is 2. The van der Waals surface area contributed by atoms with Gasteiger partial charge in [0.25, 0.3) is 0 Å². The molecule has 0 atom stereocenters. The Morgan fingerprint density at radius 1 is 0.667 bits per heavy atom. The van der Waals surface area contributed by atoms with Crippen LogP contribution in [0.15, 0.2) is 58.5 Å². The van der Waals surface area contributed by atoms with E-state index in [0.717, 1.165) is 43.5 Å². The molecule has 0 aliphatic heterocycles. The van der Waals surface area contributed by atoms with Crippen LogP contribution in [0.4, 0.5) is 0 Å². The van der Waals surface area contributed by atoms with Crippen LogP contribution < -0.4 is 0 Å². The molecule has 0 saturated heterocycles. The van der Waals surface area contributed by atoms with Gasteiger partial charge in [0.1, 0.15) is 11.5 Å². The first-order chi connectivity index (χ1) is 11.3. The summed E-state index contributed by atoms with van der Waals surface area (Å²) in [6.07, 6.45) is 6.47. The second-order valence-corrected chi connectivity index (χ2v) is 5.25. The zero-order valence-corrected chi connectivity index (χ0v) is 16.8. The van der Waals surface area contributed by atoms with Gasteiger partial charge >= 0.3 is 0 Å². The number of nitrogens with zero attached hydrogens (tertiary/aromatic N) is 2. The minimum Gasteiger partial charge on any atom is -0.507 e. The van der Waals surface area contributed by atoms with Gasteiger partial charge in [-0.25, -0.2) is 0 Å². The van der Waals surface area contributed by atoms with Crippen molar-refractivity contribution in [2.24, 2.45) is 9.98 Å². The summed E-state index contributed by atoms with van der Waals surface area (Å²) in [4.78, 5) is 8.65. The number of phenols is 2. The summed E-state index contributed by atoms with van der Waals surface area (Å²) in [5.74, 6) is 0.518. The summed E-state index contributed by atoms with van der Waals surface area (Å²) in [5, 5.41) is 19.2. The van der Waals surface area contributed by atoms with Crippen molar-refractivity contribution in [2.75, 3.05) is 13.1 Å². The largest absolute Gasteiger partial charge is 0.507 e. The predicted molar refractivity (Wildman–Crippen MR) is 95.0 cm³/mol. The maximum absolute atomic E-state index is 9.60. The summed E-state index contributed by atoms with van der Waals surface area (Å²) >= 11 is 0. The number of para-hydroxylation sites is 2. The van der Waals surface area contributed by atoms with Crippen molar-refractivity contribution in [1.82, 2.24) is 0 Å². The number of aliphatic imine (C=N–C) groups is 2. The van der Waals surface area contributed by atoms with Gasteiger partial charge in [-0.2, -0.15) is 0 Å². The normalized spacial score (nSPS) is 11.0. The van der Waals surface area contributed by atoms with E-state index in [4.69, 9.17) is 0 Å². The quantitative estimate of drug-likeness (QED) is 0.418. The molecule has 0 aliphatic carbocycles. The third-order valence-electron chi connectivity index (χ3n) is 3.41. The molecular weight excluding hydrogens is 354 g/mol. The first-order valence-electron chi connectivity index (χ1n) is 7.83. The fourth-order valence-electron chi connectivity index (χ4n) is 2.10. The van der Waals surface area contributed by atoms with Crippen LogP contribution in [-0.4, -0.2) is 35.7 Å². The maximum Gasteiger partial charge on any atom is 0.124 e. The van der Waals surface area contributed by atoms with Crippen LogP contribution in [0, 0.1) is 0 Å². The number of hydrogen-bond donors (Lipinski definition) is 2. The fourth-order valence-corrected chi connectivity index (χ4v) is 2.10. The van der Waals surface area contributed by atoms with E-state index in [1.54, 1.807) is 36.7 Å². The number of unbranched alkanes of at least 4 members (excludes halogenated alkanes) is 2. The van der Waals surface area contributed by atoms with Gasteiger partial charge in [0, 0.05) is 56.1 Å². The molecule has 2 aromatic carbocycles. The van der Waals surface area contributed by atoms with Crippen molar-refractivity contribution in [3.05, 3.63) is 59.7 Å². The topological polar surface area (TPSA) is 65.2 Å². The molecular formula is C19H22N2O2Zn. The molecule has 24 heavy (non-hydrogen) atoms. The zero-order chi connectivity index (χ0) is 16.3. The van der Waals surface area contributed by atoms with Gasteiger partial charge in [0.05, 0.1) is 0 Å². The average molecular weight is 376 g/mol. The van der Waals surface area contributed by atoms with Crippen LogP contribution in [0.25, 0.3) is 0 Å². The Morgan fingerprint density at radius 2 is 1.08 bits per heavy atom. The molecule has 2 N–H and O–H groups in total. The molecule has 0 fully saturated rings. The van der Waals surface area contributed by atoms with Crippen LogP contribution in [-0.2, 0) is 19.5 Å². The summed E-state index contributed by atoms with van der Waals surface area (Å²) in [6.45, 7) is 1.50. The molecule has 2 rings (SSSR count). The van der Waals surface area contributed by atoms with Crippen molar-refractivity contribution in [3.63, 3.8) is 0 Å². The van der Waals surface area contributed by atoms with Gasteiger partial charge in [0.2, 0.25) is 0 Å². The summed E-state index contributed by atoms with van der Waals surface area (Å²) in [5.41, 5.74) is 1.50. The smallest absolute Gasteiger partial charge is 0.124 e. The first-order valence-corrected chi connectivity index (χ1v) is 7.83. The number of benzene rings is 2. The van der Waals surface area contributed by atoms with Crippen molar-refractivity contribution >= 4 is 12.4 Å². The molecule has 0 heterocycles. The van der Waals surface area contributed by atoms with E-state index < -0.39 is 0 Å². The minimum atomic E-state index is 0. The van der Waals surface area contributed by atoms with Crippen LogP contribution >= 0.6 is 0 Å². The molecule has 0 saturated carbocycles. The molecule has 0 amide bonds. The van der Waals surface area contributed by atoms with Gasteiger partial charge in [-0.3, -0.25) is 9.98 Å². The molecule has 0 spiro atoms. The molecule has 0 bridgehead atoms. The minimum absolute atomic E-state index is 0. The first kappa shape index (κ1) is 20.0. The standard InChI is InChI=1S/C19H22N2O2.Zn/c22-18-10-4-2-8-16(18)14-20-12-6-1-7-13-21-15-17-9-3-5-11-19(17)23;/h2-5,8-11,14-15,22-23H,1,6-7,12-13H2;. The summed E-state index contributed by atoms with van der Waals surface area (Å²) in [7, 11) is 0. The van der Waals surface area contributed by atoms with Crippen LogP contribution in [0.5, 0.6) is 11.5 Å². The summed E-state index contributed by atoms with van der Waals surface area (Å²) in [6, 6.07) is 14.3. The SMILES string of the molecule is Oc1ccccc1C=NCCCCCN=Cc1ccccc1O.[Zn]. The molecule has 122 valence electrons. The van der Waals surface area contributed by atoms with Gasteiger partial charge in [0.15, 0.2) is 0 Å². The van der Waals surface area contributed by atoms with Crippen LogP contribution in [0.1, 0.15) is 30.4 Å². The van der Waals surface area contributed by atoms with Crippen molar-refractivity contribution < 1.29 is 29.7 Å². The average Bonchev–Trinajstić information content (AvgIpc) is 2.56. The van der Waals surface area contributed by atoms with E-state index in [1.165, 1.54) is 0 Å². The molecule has 2 aromatic rings. The maximum atomic E-state index is 9.60. The second kappa shape index (κ2) is 11.5. The Labute approximate surface area is 155 Å². The van der Waals surface area contributed by atoms with Gasteiger partial charge in [-0.15, -0.1) is 0 Å². The Kier molecular flexibility index (Phi) is 9.63. The molecule has 0 radical (unpaired) electrons. The zero-order valence-electron chi connectivity index (χ0n) is 13.8. The Morgan fingerprint density at radius 3 is 1.50 bits per heavy atom. The number of hydrogen-bond acceptors (Lipinski definition) is 4.